The molecule has 0 spiro atoms. The lowest BCUT2D eigenvalue weighted by molar-refractivity contribution is -0.119. The molecule has 11 heteroatoms. The zero-order chi connectivity index (χ0) is 20.6. The Kier molecular flexibility index (Phi) is 5.54. The Morgan fingerprint density at radius 1 is 1.21 bits per heavy atom. The topological polar surface area (TPSA) is 64.7 Å². The number of hydrogen-bond acceptors (Lipinski definition) is 3. The second-order valence-corrected chi connectivity index (χ2v) is 6.94. The number of amides is 1. The number of halogens is 5. The summed E-state index contributed by atoms with van der Waals surface area (Å²) in [5.74, 6) is -6.61. The van der Waals surface area contributed by atoms with E-state index in [-0.39, 0.29) is 17.7 Å². The molecule has 0 fully saturated rings. The van der Waals surface area contributed by atoms with Crippen molar-refractivity contribution in [2.24, 2.45) is 0 Å². The molecule has 1 aromatic carbocycles. The maximum atomic E-state index is 13.8. The van der Waals surface area contributed by atoms with Crippen molar-refractivity contribution >= 4 is 27.5 Å². The second-order valence-electron chi connectivity index (χ2n) is 6.08. The summed E-state index contributed by atoms with van der Waals surface area (Å²) in [6, 6.07) is -0.360. The first kappa shape index (κ1) is 20.1. The molecule has 0 bridgehead atoms. The lowest BCUT2D eigenvalue weighted by Gasteiger charge is -2.11. The quantitative estimate of drug-likeness (QED) is 0.356. The Bertz CT molecular complexity index is 1030. The fraction of sp³-hybridized carbons (Fsp3) is 0.235. The van der Waals surface area contributed by atoms with Crippen molar-refractivity contribution in [1.29, 1.82) is 0 Å². The van der Waals surface area contributed by atoms with E-state index in [9.17, 15) is 22.4 Å². The van der Waals surface area contributed by atoms with Crippen LogP contribution in [0.5, 0.6) is 0 Å². The van der Waals surface area contributed by atoms with Gasteiger partial charge in [0.25, 0.3) is 0 Å². The van der Waals surface area contributed by atoms with E-state index < -0.39 is 41.4 Å². The van der Waals surface area contributed by atoms with Gasteiger partial charge in [-0.25, -0.2) is 17.6 Å². The molecule has 148 valence electrons. The molecule has 0 aliphatic heterocycles. The number of aromatic nitrogens is 4. The van der Waals surface area contributed by atoms with E-state index in [1.54, 1.807) is 20.0 Å². The molecule has 0 aliphatic rings. The lowest BCUT2D eigenvalue weighted by Crippen LogP contribution is -2.24. The van der Waals surface area contributed by atoms with Gasteiger partial charge in [-0.15, -0.1) is 0 Å². The number of hydrogen-bond donors (Lipinski definition) is 1. The first-order chi connectivity index (χ1) is 13.2. The lowest BCUT2D eigenvalue weighted by atomic mass is 10.2. The highest BCUT2D eigenvalue weighted by Gasteiger charge is 2.21. The van der Waals surface area contributed by atoms with E-state index in [2.05, 4.69) is 31.4 Å². The molecule has 1 atom stereocenters. The van der Waals surface area contributed by atoms with Gasteiger partial charge in [0.2, 0.25) is 5.91 Å². The first-order valence-electron chi connectivity index (χ1n) is 8.03. The van der Waals surface area contributed by atoms with Crippen molar-refractivity contribution in [2.45, 2.75) is 26.4 Å². The highest BCUT2D eigenvalue weighted by molar-refractivity contribution is 9.10. The van der Waals surface area contributed by atoms with Crippen LogP contribution in [0.4, 0.5) is 23.2 Å². The molecule has 2 aromatic heterocycles. The predicted molar refractivity (Wildman–Crippen MR) is 95.6 cm³/mol. The number of carbonyl (C=O) groups is 1. The normalized spacial score (nSPS) is 12.2. The average molecular weight is 460 g/mol. The van der Waals surface area contributed by atoms with Gasteiger partial charge >= 0.3 is 0 Å². The summed E-state index contributed by atoms with van der Waals surface area (Å²) in [7, 11) is 0. The van der Waals surface area contributed by atoms with Gasteiger partial charge in [-0.05, 0) is 29.8 Å². The van der Waals surface area contributed by atoms with Crippen molar-refractivity contribution in [3.63, 3.8) is 0 Å². The minimum atomic E-state index is -1.76. The Balaban J connectivity index is 1.72. The standard InChI is InChI=1S/C17H14BrF4N5O/c1-8-12(18)7-27(25-8)9(2)17(28)24-10-4-23-26(5-10)6-11-13(19)3-14(20)16(22)15(11)21/h3-5,7,9H,6H2,1-2H3,(H,24,28). The summed E-state index contributed by atoms with van der Waals surface area (Å²) in [6.45, 7) is 2.95. The summed E-state index contributed by atoms with van der Waals surface area (Å²) in [5, 5.41) is 10.7. The minimum Gasteiger partial charge on any atom is -0.322 e. The van der Waals surface area contributed by atoms with Crippen LogP contribution in [-0.2, 0) is 11.3 Å². The Morgan fingerprint density at radius 3 is 2.57 bits per heavy atom. The summed E-state index contributed by atoms with van der Waals surface area (Å²) < 4.78 is 57.2. The van der Waals surface area contributed by atoms with Crippen LogP contribution in [0, 0.1) is 30.2 Å². The highest BCUT2D eigenvalue weighted by Crippen LogP contribution is 2.21. The van der Waals surface area contributed by atoms with Gasteiger partial charge in [-0.2, -0.15) is 10.2 Å². The van der Waals surface area contributed by atoms with Crippen LogP contribution in [0.2, 0.25) is 0 Å². The van der Waals surface area contributed by atoms with Gasteiger partial charge in [-0.3, -0.25) is 14.2 Å². The van der Waals surface area contributed by atoms with Crippen LogP contribution < -0.4 is 5.32 Å². The number of nitrogens with zero attached hydrogens (tertiary/aromatic N) is 4. The fourth-order valence-electron chi connectivity index (χ4n) is 2.45. The third kappa shape index (κ3) is 3.93. The number of nitrogens with one attached hydrogen (secondary N) is 1. The number of anilines is 1. The van der Waals surface area contributed by atoms with Crippen molar-refractivity contribution < 1.29 is 22.4 Å². The molecule has 0 radical (unpaired) electrons. The molecule has 2 heterocycles. The summed E-state index contributed by atoms with van der Waals surface area (Å²) in [6.07, 6.45) is 4.25. The zero-order valence-corrected chi connectivity index (χ0v) is 16.3. The molecule has 1 amide bonds. The maximum absolute atomic E-state index is 13.8. The molecule has 0 saturated carbocycles. The largest absolute Gasteiger partial charge is 0.322 e. The Morgan fingerprint density at radius 2 is 1.93 bits per heavy atom. The van der Waals surface area contributed by atoms with Crippen molar-refractivity contribution in [2.75, 3.05) is 5.32 Å². The van der Waals surface area contributed by atoms with Gasteiger partial charge in [0, 0.05) is 24.0 Å². The summed E-state index contributed by atoms with van der Waals surface area (Å²) in [5.41, 5.74) is 0.316. The molecule has 0 saturated heterocycles. The third-order valence-corrected chi connectivity index (χ3v) is 4.84. The van der Waals surface area contributed by atoms with E-state index in [0.717, 1.165) is 14.8 Å². The van der Waals surface area contributed by atoms with Gasteiger partial charge in [-0.1, -0.05) is 0 Å². The van der Waals surface area contributed by atoms with Crippen LogP contribution >= 0.6 is 15.9 Å². The molecule has 28 heavy (non-hydrogen) atoms. The molecule has 1 N–H and O–H groups in total. The van der Waals surface area contributed by atoms with Crippen LogP contribution in [0.15, 0.2) is 29.1 Å². The van der Waals surface area contributed by atoms with Crippen molar-refractivity contribution in [1.82, 2.24) is 19.6 Å². The van der Waals surface area contributed by atoms with Crippen LogP contribution in [-0.4, -0.2) is 25.5 Å². The van der Waals surface area contributed by atoms with Crippen LogP contribution in [0.3, 0.4) is 0 Å². The van der Waals surface area contributed by atoms with E-state index in [0.29, 0.717) is 0 Å². The number of aryl methyl sites for hydroxylation is 1. The van der Waals surface area contributed by atoms with Gasteiger partial charge in [0.05, 0.1) is 28.6 Å². The molecule has 3 aromatic rings. The molecular formula is C17H14BrF4N5O. The molecular weight excluding hydrogens is 446 g/mol. The highest BCUT2D eigenvalue weighted by atomic mass is 79.9. The van der Waals surface area contributed by atoms with Gasteiger partial charge < -0.3 is 5.32 Å². The number of benzene rings is 1. The van der Waals surface area contributed by atoms with E-state index >= 15 is 0 Å². The van der Waals surface area contributed by atoms with E-state index in [4.69, 9.17) is 0 Å². The smallest absolute Gasteiger partial charge is 0.249 e. The van der Waals surface area contributed by atoms with Crippen LogP contribution in [0.1, 0.15) is 24.2 Å². The molecule has 6 nitrogen and oxygen atoms in total. The van der Waals surface area contributed by atoms with Crippen molar-refractivity contribution in [3.05, 3.63) is 63.7 Å². The predicted octanol–water partition coefficient (Wildman–Crippen LogP) is 3.95. The monoisotopic (exact) mass is 459 g/mol. The third-order valence-electron chi connectivity index (χ3n) is 4.06. The van der Waals surface area contributed by atoms with Crippen molar-refractivity contribution in [3.8, 4) is 0 Å². The van der Waals surface area contributed by atoms with Gasteiger partial charge in [0.15, 0.2) is 17.5 Å². The zero-order valence-electron chi connectivity index (χ0n) is 14.7. The SMILES string of the molecule is Cc1nn(C(C)C(=O)Nc2cnn(Cc3c(F)cc(F)c(F)c3F)c2)cc1Br. The van der Waals surface area contributed by atoms with Crippen LogP contribution in [0.25, 0.3) is 0 Å². The molecule has 3 rings (SSSR count). The number of rotatable bonds is 5. The van der Waals surface area contributed by atoms with E-state index in [1.807, 2.05) is 0 Å². The van der Waals surface area contributed by atoms with Gasteiger partial charge in [0.1, 0.15) is 11.9 Å². The number of carbonyl (C=O) groups excluding carboxylic acids is 1. The fourth-order valence-corrected chi connectivity index (χ4v) is 2.74. The average Bonchev–Trinajstić information content (AvgIpc) is 3.22. The minimum absolute atomic E-state index is 0.267. The maximum Gasteiger partial charge on any atom is 0.249 e. The molecule has 1 unspecified atom stereocenters. The first-order valence-corrected chi connectivity index (χ1v) is 8.83. The summed E-state index contributed by atoms with van der Waals surface area (Å²) in [4.78, 5) is 12.4. The second kappa shape index (κ2) is 7.74. The Labute approximate surface area is 165 Å². The summed E-state index contributed by atoms with van der Waals surface area (Å²) >= 11 is 3.32. The van der Waals surface area contributed by atoms with E-state index in [1.165, 1.54) is 17.1 Å². The molecule has 0 aliphatic carbocycles. The Hall–Kier alpha value is -2.69.